The van der Waals surface area contributed by atoms with E-state index in [0.29, 0.717) is 29.6 Å². The molecule has 3 aromatic heterocycles. The molecule has 1 saturated heterocycles. The van der Waals surface area contributed by atoms with Crippen molar-refractivity contribution in [3.63, 3.8) is 0 Å². The lowest BCUT2D eigenvalue weighted by molar-refractivity contribution is 0.0714. The highest BCUT2D eigenvalue weighted by Crippen LogP contribution is 2.35. The molecule has 8 heteroatoms. The molecule has 158 valence electrons. The SMILES string of the molecule is CCn1nc(C)c(C(=O)N2CCCC2c2nnc(-c3nccc4ccccc34)o2)c1C. The second-order valence-electron chi connectivity index (χ2n) is 7.84. The number of aromatic nitrogens is 5. The summed E-state index contributed by atoms with van der Waals surface area (Å²) in [7, 11) is 0. The lowest BCUT2D eigenvalue weighted by Gasteiger charge is -2.22. The molecular weight excluding hydrogens is 392 g/mol. The van der Waals surface area contributed by atoms with Gasteiger partial charge in [-0.15, -0.1) is 10.2 Å². The molecule has 1 fully saturated rings. The van der Waals surface area contributed by atoms with Gasteiger partial charge in [-0.2, -0.15) is 5.10 Å². The number of carbonyl (C=O) groups is 1. The number of nitrogens with zero attached hydrogens (tertiary/aromatic N) is 6. The number of hydrogen-bond acceptors (Lipinski definition) is 6. The number of pyridine rings is 1. The predicted molar refractivity (Wildman–Crippen MR) is 115 cm³/mol. The van der Waals surface area contributed by atoms with E-state index in [2.05, 4.69) is 20.3 Å². The van der Waals surface area contributed by atoms with E-state index in [1.165, 1.54) is 0 Å². The zero-order valence-electron chi connectivity index (χ0n) is 17.9. The Morgan fingerprint density at radius 3 is 2.84 bits per heavy atom. The van der Waals surface area contributed by atoms with Crippen molar-refractivity contribution in [1.29, 1.82) is 0 Å². The van der Waals surface area contributed by atoms with Crippen LogP contribution >= 0.6 is 0 Å². The number of fused-ring (bicyclic) bond motifs is 1. The molecule has 1 aliphatic rings. The van der Waals surface area contributed by atoms with Gasteiger partial charge in [0.25, 0.3) is 11.8 Å². The van der Waals surface area contributed by atoms with Gasteiger partial charge in [0, 0.05) is 30.4 Å². The number of likely N-dealkylation sites (tertiary alicyclic amines) is 1. The monoisotopic (exact) mass is 416 g/mol. The van der Waals surface area contributed by atoms with Crippen LogP contribution in [-0.2, 0) is 6.54 Å². The smallest absolute Gasteiger partial charge is 0.267 e. The third-order valence-corrected chi connectivity index (χ3v) is 6.01. The molecule has 4 aromatic rings. The Bertz CT molecular complexity index is 1270. The van der Waals surface area contributed by atoms with E-state index in [4.69, 9.17) is 4.42 Å². The Hall–Kier alpha value is -3.55. The third kappa shape index (κ3) is 3.19. The number of hydrogen-bond donors (Lipinski definition) is 0. The fourth-order valence-electron chi connectivity index (χ4n) is 4.48. The van der Waals surface area contributed by atoms with E-state index >= 15 is 0 Å². The minimum atomic E-state index is -0.243. The van der Waals surface area contributed by atoms with Crippen LogP contribution in [0.5, 0.6) is 0 Å². The number of rotatable bonds is 4. The van der Waals surface area contributed by atoms with Crippen LogP contribution in [0.4, 0.5) is 0 Å². The second-order valence-corrected chi connectivity index (χ2v) is 7.84. The quantitative estimate of drug-likeness (QED) is 0.498. The molecule has 5 rings (SSSR count). The van der Waals surface area contributed by atoms with Gasteiger partial charge in [-0.1, -0.05) is 24.3 Å². The van der Waals surface area contributed by atoms with Gasteiger partial charge in [-0.25, -0.2) is 0 Å². The molecule has 8 nitrogen and oxygen atoms in total. The highest BCUT2D eigenvalue weighted by molar-refractivity contribution is 5.97. The fourth-order valence-corrected chi connectivity index (χ4v) is 4.48. The summed E-state index contributed by atoms with van der Waals surface area (Å²) in [5, 5.41) is 15.1. The molecule has 1 aliphatic heterocycles. The Morgan fingerprint density at radius 1 is 1.19 bits per heavy atom. The molecule has 0 bridgehead atoms. The van der Waals surface area contributed by atoms with Crippen molar-refractivity contribution in [2.24, 2.45) is 0 Å². The molecule has 0 aliphatic carbocycles. The fraction of sp³-hybridized carbons (Fsp3) is 0.348. The molecule has 0 radical (unpaired) electrons. The van der Waals surface area contributed by atoms with Crippen LogP contribution in [0, 0.1) is 13.8 Å². The van der Waals surface area contributed by atoms with Crippen molar-refractivity contribution in [1.82, 2.24) is 29.9 Å². The van der Waals surface area contributed by atoms with Crippen LogP contribution in [0.1, 0.15) is 53.4 Å². The first-order valence-corrected chi connectivity index (χ1v) is 10.6. The third-order valence-electron chi connectivity index (χ3n) is 6.01. The molecular formula is C23H24N6O2. The van der Waals surface area contributed by atoms with Crippen LogP contribution in [0.15, 0.2) is 40.9 Å². The molecule has 31 heavy (non-hydrogen) atoms. The standard InChI is InChI=1S/C23H24N6O2/c1-4-29-15(3)19(14(2)27-29)23(30)28-13-7-10-18(28)21-25-26-22(31-21)20-17-9-6-5-8-16(17)11-12-24-20/h5-6,8-9,11-12,18H,4,7,10,13H2,1-3H3. The Labute approximate surface area is 179 Å². The van der Waals surface area contributed by atoms with Gasteiger partial charge in [-0.05, 0) is 45.1 Å². The van der Waals surface area contributed by atoms with E-state index < -0.39 is 0 Å². The van der Waals surface area contributed by atoms with E-state index in [-0.39, 0.29) is 11.9 Å². The number of benzene rings is 1. The first-order chi connectivity index (χ1) is 15.1. The van der Waals surface area contributed by atoms with Crippen molar-refractivity contribution in [3.8, 4) is 11.6 Å². The van der Waals surface area contributed by atoms with Crippen molar-refractivity contribution >= 4 is 16.7 Å². The maximum absolute atomic E-state index is 13.4. The van der Waals surface area contributed by atoms with Gasteiger partial charge in [0.05, 0.1) is 11.3 Å². The Kier molecular flexibility index (Phi) is 4.77. The summed E-state index contributed by atoms with van der Waals surface area (Å²) >= 11 is 0. The maximum Gasteiger partial charge on any atom is 0.267 e. The van der Waals surface area contributed by atoms with Crippen molar-refractivity contribution in [2.45, 2.75) is 46.2 Å². The lowest BCUT2D eigenvalue weighted by Crippen LogP contribution is -2.31. The largest absolute Gasteiger partial charge is 0.417 e. The molecule has 0 saturated carbocycles. The Morgan fingerprint density at radius 2 is 2.03 bits per heavy atom. The summed E-state index contributed by atoms with van der Waals surface area (Å²) in [5.74, 6) is 0.797. The molecule has 1 amide bonds. The Balaban J connectivity index is 1.48. The summed E-state index contributed by atoms with van der Waals surface area (Å²) in [6, 6.07) is 9.67. The summed E-state index contributed by atoms with van der Waals surface area (Å²) in [5.41, 5.74) is 2.97. The first kappa shape index (κ1) is 19.4. The van der Waals surface area contributed by atoms with Crippen LogP contribution in [-0.4, -0.2) is 42.3 Å². The van der Waals surface area contributed by atoms with Gasteiger partial charge in [0.2, 0.25) is 5.89 Å². The summed E-state index contributed by atoms with van der Waals surface area (Å²) in [4.78, 5) is 19.7. The lowest BCUT2D eigenvalue weighted by atomic mass is 10.1. The van der Waals surface area contributed by atoms with Crippen molar-refractivity contribution < 1.29 is 9.21 Å². The molecule has 0 spiro atoms. The van der Waals surface area contributed by atoms with Crippen molar-refractivity contribution in [3.05, 3.63) is 59.4 Å². The zero-order chi connectivity index (χ0) is 21.5. The normalized spacial score (nSPS) is 16.4. The van der Waals surface area contributed by atoms with Crippen LogP contribution in [0.3, 0.4) is 0 Å². The molecule has 1 aromatic carbocycles. The van der Waals surface area contributed by atoms with Crippen LogP contribution < -0.4 is 0 Å². The highest BCUT2D eigenvalue weighted by atomic mass is 16.4. The van der Waals surface area contributed by atoms with Gasteiger partial charge < -0.3 is 9.32 Å². The molecule has 1 unspecified atom stereocenters. The van der Waals surface area contributed by atoms with Crippen LogP contribution in [0.25, 0.3) is 22.4 Å². The first-order valence-electron chi connectivity index (χ1n) is 10.6. The highest BCUT2D eigenvalue weighted by Gasteiger charge is 2.36. The predicted octanol–water partition coefficient (Wildman–Crippen LogP) is 4.10. The van der Waals surface area contributed by atoms with Gasteiger partial charge in [-0.3, -0.25) is 14.5 Å². The summed E-state index contributed by atoms with van der Waals surface area (Å²) < 4.78 is 7.93. The maximum atomic E-state index is 13.4. The minimum absolute atomic E-state index is 0.0276. The zero-order valence-corrected chi connectivity index (χ0v) is 17.9. The number of aryl methyl sites for hydroxylation is 2. The van der Waals surface area contributed by atoms with E-state index in [1.807, 2.05) is 60.7 Å². The van der Waals surface area contributed by atoms with E-state index in [1.54, 1.807) is 6.20 Å². The van der Waals surface area contributed by atoms with Crippen molar-refractivity contribution in [2.75, 3.05) is 6.54 Å². The second kappa shape index (κ2) is 7.61. The average Bonchev–Trinajstić information content (AvgIpc) is 3.51. The average molecular weight is 416 g/mol. The van der Waals surface area contributed by atoms with E-state index in [0.717, 1.165) is 41.5 Å². The topological polar surface area (TPSA) is 89.9 Å². The molecule has 1 atom stereocenters. The molecule has 0 N–H and O–H groups in total. The van der Waals surface area contributed by atoms with E-state index in [9.17, 15) is 4.79 Å². The number of carbonyl (C=O) groups excluding carboxylic acids is 1. The summed E-state index contributed by atoms with van der Waals surface area (Å²) in [6.07, 6.45) is 3.42. The minimum Gasteiger partial charge on any atom is -0.417 e. The van der Waals surface area contributed by atoms with Gasteiger partial charge in [0.15, 0.2) is 0 Å². The van der Waals surface area contributed by atoms with Gasteiger partial charge in [0.1, 0.15) is 11.7 Å². The van der Waals surface area contributed by atoms with Gasteiger partial charge >= 0.3 is 0 Å². The molecule has 4 heterocycles. The van der Waals surface area contributed by atoms with Crippen LogP contribution in [0.2, 0.25) is 0 Å². The number of amides is 1. The summed E-state index contributed by atoms with van der Waals surface area (Å²) in [6.45, 7) is 7.24.